The minimum atomic E-state index is -1.65. The summed E-state index contributed by atoms with van der Waals surface area (Å²) in [5, 5.41) is 4.92. The average molecular weight is 486 g/mol. The summed E-state index contributed by atoms with van der Waals surface area (Å²) in [6.45, 7) is 5.29. The molecule has 0 aliphatic carbocycles. The van der Waals surface area contributed by atoms with E-state index in [4.69, 9.17) is 20.9 Å². The Balaban J connectivity index is 2.28. The fourth-order valence-corrected chi connectivity index (χ4v) is 4.62. The molecule has 2 aromatic heterocycles. The van der Waals surface area contributed by atoms with Gasteiger partial charge < -0.3 is 13.8 Å². The summed E-state index contributed by atoms with van der Waals surface area (Å²) in [6, 6.07) is 5.14. The Bertz CT molecular complexity index is 1050. The first-order chi connectivity index (χ1) is 13.2. The van der Waals surface area contributed by atoms with E-state index in [9.17, 15) is 9.35 Å². The number of carbonyl (C=O) groups is 1. The molecule has 0 saturated carbocycles. The lowest BCUT2D eigenvalue weighted by Gasteiger charge is -2.18. The molecule has 0 spiro atoms. The van der Waals surface area contributed by atoms with Gasteiger partial charge in [0, 0.05) is 27.6 Å². The minimum Gasteiger partial charge on any atom is -0.610 e. The lowest BCUT2D eigenvalue weighted by molar-refractivity contribution is 0.0932. The smallest absolute Gasteiger partial charge is 0.260 e. The van der Waals surface area contributed by atoms with Crippen LogP contribution in [0.2, 0.25) is 5.02 Å². The number of methoxy groups -OCH3 is 1. The third-order valence-electron chi connectivity index (χ3n) is 4.11. The number of nitrogens with zero attached hydrogens (tertiary/aromatic N) is 2. The zero-order valence-corrected chi connectivity index (χ0v) is 18.9. The molecular weight excluding hydrogens is 468 g/mol. The molecule has 0 saturated heterocycles. The number of rotatable bonds is 6. The number of Topliss-reactive ketones (excluding diaryl/α,β-unsaturated/α-hetero) is 1. The number of hydrogen-bond donors (Lipinski definition) is 0. The molecule has 0 amide bonds. The second-order valence-electron chi connectivity index (χ2n) is 6.52. The summed E-state index contributed by atoms with van der Waals surface area (Å²) >= 11 is 8.18. The number of pyridine rings is 1. The van der Waals surface area contributed by atoms with E-state index in [0.717, 1.165) is 0 Å². The maximum Gasteiger partial charge on any atom is 0.260 e. The first kappa shape index (κ1) is 21.1. The van der Waals surface area contributed by atoms with E-state index < -0.39 is 11.2 Å². The molecule has 0 aliphatic rings. The van der Waals surface area contributed by atoms with Crippen LogP contribution in [0, 0.1) is 12.8 Å². The van der Waals surface area contributed by atoms with Crippen molar-refractivity contribution in [2.24, 2.45) is 5.92 Å². The standard InChI is InChI=1S/C19H18BrClN2O4S/c1-9(2)17(24)15-18(26-4)14-13(21)6-5-12(20)16(14)22-19(15)28(25)8-11-7-10(3)27-23-11/h5-7,9H,8H2,1-4H3. The van der Waals surface area contributed by atoms with Crippen molar-refractivity contribution >= 4 is 55.4 Å². The Kier molecular flexibility index (Phi) is 6.34. The summed E-state index contributed by atoms with van der Waals surface area (Å²) in [5.41, 5.74) is 1.18. The molecule has 1 aromatic carbocycles. The van der Waals surface area contributed by atoms with E-state index in [1.165, 1.54) is 7.11 Å². The van der Waals surface area contributed by atoms with Crippen LogP contribution in [0.4, 0.5) is 0 Å². The average Bonchev–Trinajstić information content (AvgIpc) is 3.07. The summed E-state index contributed by atoms with van der Waals surface area (Å²) in [7, 11) is 1.46. The highest BCUT2D eigenvalue weighted by atomic mass is 79.9. The van der Waals surface area contributed by atoms with Crippen molar-refractivity contribution in [1.29, 1.82) is 0 Å². The fourth-order valence-electron chi connectivity index (χ4n) is 2.81. The van der Waals surface area contributed by atoms with Gasteiger partial charge in [-0.3, -0.25) is 4.79 Å². The summed E-state index contributed by atoms with van der Waals surface area (Å²) in [6.07, 6.45) is 0. The number of hydrogen-bond acceptors (Lipinski definition) is 6. The predicted octanol–water partition coefficient (Wildman–Crippen LogP) is 5.10. The van der Waals surface area contributed by atoms with Crippen LogP contribution in [0.3, 0.4) is 0 Å². The van der Waals surface area contributed by atoms with E-state index >= 15 is 0 Å². The highest BCUT2D eigenvalue weighted by molar-refractivity contribution is 9.10. The largest absolute Gasteiger partial charge is 0.610 e. The monoisotopic (exact) mass is 484 g/mol. The molecule has 6 nitrogen and oxygen atoms in total. The number of aryl methyl sites for hydroxylation is 1. The number of aromatic nitrogens is 2. The third-order valence-corrected chi connectivity index (χ3v) is 6.35. The molecule has 0 radical (unpaired) electrons. The molecular formula is C19H18BrClN2O4S. The second-order valence-corrected chi connectivity index (χ2v) is 9.14. The van der Waals surface area contributed by atoms with Gasteiger partial charge in [0.25, 0.3) is 5.03 Å². The van der Waals surface area contributed by atoms with E-state index in [1.54, 1.807) is 39.0 Å². The van der Waals surface area contributed by atoms with Crippen LogP contribution in [0.1, 0.15) is 35.7 Å². The predicted molar refractivity (Wildman–Crippen MR) is 112 cm³/mol. The van der Waals surface area contributed by atoms with E-state index in [0.29, 0.717) is 31.9 Å². The fraction of sp³-hybridized carbons (Fsp3) is 0.316. The first-order valence-corrected chi connectivity index (χ1v) is 10.9. The molecule has 148 valence electrons. The number of halogens is 2. The maximum absolute atomic E-state index is 13.2. The van der Waals surface area contributed by atoms with Crippen LogP contribution in [0.25, 0.3) is 10.9 Å². The van der Waals surface area contributed by atoms with Gasteiger partial charge >= 0.3 is 0 Å². The van der Waals surface area contributed by atoms with Gasteiger partial charge in [0.05, 0.1) is 23.0 Å². The molecule has 0 bridgehead atoms. The third kappa shape index (κ3) is 3.91. The molecule has 2 heterocycles. The molecule has 1 unspecified atom stereocenters. The zero-order chi connectivity index (χ0) is 20.6. The van der Waals surface area contributed by atoms with E-state index in [2.05, 4.69) is 26.1 Å². The van der Waals surface area contributed by atoms with Crippen molar-refractivity contribution in [3.05, 3.63) is 44.7 Å². The van der Waals surface area contributed by atoms with Crippen LogP contribution in [-0.4, -0.2) is 27.6 Å². The highest BCUT2D eigenvalue weighted by Crippen LogP contribution is 2.41. The maximum atomic E-state index is 13.2. The summed E-state index contributed by atoms with van der Waals surface area (Å²) in [4.78, 5) is 17.6. The quantitative estimate of drug-likeness (QED) is 0.356. The summed E-state index contributed by atoms with van der Waals surface area (Å²) in [5.74, 6) is 0.389. The second kappa shape index (κ2) is 8.41. The minimum absolute atomic E-state index is 0.0650. The van der Waals surface area contributed by atoms with Gasteiger partial charge in [-0.1, -0.05) is 30.6 Å². The van der Waals surface area contributed by atoms with E-state index in [-0.39, 0.29) is 33.8 Å². The molecule has 0 aliphatic heterocycles. The number of ketones is 1. The molecule has 28 heavy (non-hydrogen) atoms. The Morgan fingerprint density at radius 2 is 2.14 bits per heavy atom. The van der Waals surface area contributed by atoms with Crippen molar-refractivity contribution in [2.45, 2.75) is 31.6 Å². The van der Waals surface area contributed by atoms with Crippen LogP contribution in [0.15, 0.2) is 32.2 Å². The number of benzene rings is 1. The molecule has 3 rings (SSSR count). The SMILES string of the molecule is COc1c(C(=O)C(C)C)c([S+]([O-])Cc2cc(C)on2)nc2c(Br)ccc(Cl)c12. The van der Waals surface area contributed by atoms with Gasteiger partial charge in [0.1, 0.15) is 22.8 Å². The molecule has 0 fully saturated rings. The lowest BCUT2D eigenvalue weighted by atomic mass is 10.00. The van der Waals surface area contributed by atoms with Crippen molar-refractivity contribution in [3.8, 4) is 5.75 Å². The topological polar surface area (TPSA) is 88.3 Å². The lowest BCUT2D eigenvalue weighted by Crippen LogP contribution is -2.18. The van der Waals surface area contributed by atoms with E-state index in [1.807, 2.05) is 0 Å². The number of fused-ring (bicyclic) bond motifs is 1. The van der Waals surface area contributed by atoms with Gasteiger partial charge in [0.2, 0.25) is 0 Å². The van der Waals surface area contributed by atoms with Crippen LogP contribution < -0.4 is 4.74 Å². The van der Waals surface area contributed by atoms with Crippen molar-refractivity contribution in [2.75, 3.05) is 7.11 Å². The van der Waals surface area contributed by atoms with Gasteiger partial charge in [-0.2, -0.15) is 4.98 Å². The van der Waals surface area contributed by atoms with Crippen molar-refractivity contribution in [3.63, 3.8) is 0 Å². The first-order valence-electron chi connectivity index (χ1n) is 8.45. The Morgan fingerprint density at radius 3 is 2.71 bits per heavy atom. The van der Waals surface area contributed by atoms with Gasteiger partial charge in [-0.15, -0.1) is 0 Å². The molecule has 1 atom stereocenters. The van der Waals surface area contributed by atoms with Crippen LogP contribution in [0.5, 0.6) is 5.75 Å². The molecule has 0 N–H and O–H groups in total. The van der Waals surface area contributed by atoms with Gasteiger partial charge in [-0.05, 0) is 35.0 Å². The Labute approximate surface area is 178 Å². The van der Waals surface area contributed by atoms with Crippen LogP contribution >= 0.6 is 27.5 Å². The molecule has 3 aromatic rings. The number of carbonyl (C=O) groups excluding carboxylic acids is 1. The van der Waals surface area contributed by atoms with Gasteiger partial charge in [-0.25, -0.2) is 0 Å². The van der Waals surface area contributed by atoms with Gasteiger partial charge in [0.15, 0.2) is 11.5 Å². The molecule has 9 heteroatoms. The normalized spacial score (nSPS) is 12.6. The highest BCUT2D eigenvalue weighted by Gasteiger charge is 2.32. The zero-order valence-electron chi connectivity index (χ0n) is 15.7. The van der Waals surface area contributed by atoms with Crippen LogP contribution in [-0.2, 0) is 16.9 Å². The van der Waals surface area contributed by atoms with Crippen molar-refractivity contribution in [1.82, 2.24) is 10.1 Å². The number of ether oxygens (including phenoxy) is 1. The Morgan fingerprint density at radius 1 is 1.43 bits per heavy atom. The van der Waals surface area contributed by atoms with Crippen molar-refractivity contribution < 1.29 is 18.6 Å². The summed E-state index contributed by atoms with van der Waals surface area (Å²) < 4.78 is 24.5. The Hall–Kier alpha value is -1.61.